The first kappa shape index (κ1) is 29.2. The van der Waals surface area contributed by atoms with E-state index in [1.807, 2.05) is 64.1 Å². The number of para-hydroxylation sites is 1. The number of ketones is 1. The second-order valence-corrected chi connectivity index (χ2v) is 9.51. The van der Waals surface area contributed by atoms with Crippen molar-refractivity contribution in [2.24, 2.45) is 11.8 Å². The number of rotatable bonds is 7. The average molecular weight is 657 g/mol. The first-order chi connectivity index (χ1) is 16.8. The summed E-state index contributed by atoms with van der Waals surface area (Å²) in [6, 6.07) is 32.1. The number of hydrogen-bond acceptors (Lipinski definition) is 3. The number of aliphatic hydroxyl groups excluding tert-OH is 1. The first-order valence-corrected chi connectivity index (χ1v) is 12.2. The summed E-state index contributed by atoms with van der Waals surface area (Å²) in [6.07, 6.45) is 2.46. The van der Waals surface area contributed by atoms with Gasteiger partial charge in [0.1, 0.15) is 0 Å². The summed E-state index contributed by atoms with van der Waals surface area (Å²) in [5.74, 6) is 0.979. The molecule has 0 aliphatic heterocycles. The van der Waals surface area contributed by atoms with Gasteiger partial charge in [0.05, 0.1) is 11.3 Å². The van der Waals surface area contributed by atoms with Crippen molar-refractivity contribution in [2.75, 3.05) is 0 Å². The number of aromatic nitrogens is 1. The fourth-order valence-corrected chi connectivity index (χ4v) is 3.85. The van der Waals surface area contributed by atoms with E-state index in [4.69, 9.17) is 4.98 Å². The summed E-state index contributed by atoms with van der Waals surface area (Å²) in [6.45, 7) is 8.00. The van der Waals surface area contributed by atoms with E-state index in [9.17, 15) is 9.90 Å². The van der Waals surface area contributed by atoms with E-state index in [1.54, 1.807) is 0 Å². The molecule has 3 nitrogen and oxygen atoms in total. The van der Waals surface area contributed by atoms with Crippen LogP contribution in [0.15, 0.2) is 96.8 Å². The van der Waals surface area contributed by atoms with Crippen LogP contribution >= 0.6 is 0 Å². The zero-order valence-electron chi connectivity index (χ0n) is 21.4. The molecule has 1 aromatic heterocycles. The minimum atomic E-state index is 0. The van der Waals surface area contributed by atoms with Gasteiger partial charge >= 0.3 is 0 Å². The fraction of sp³-hybridized carbons (Fsp3) is 0.250. The van der Waals surface area contributed by atoms with Crippen molar-refractivity contribution < 1.29 is 30.0 Å². The van der Waals surface area contributed by atoms with Crippen molar-refractivity contribution in [2.45, 2.75) is 40.5 Å². The minimum absolute atomic E-state index is 0. The average Bonchev–Trinajstić information content (AvgIpc) is 2.83. The molecule has 0 saturated carbocycles. The van der Waals surface area contributed by atoms with Crippen LogP contribution in [0.4, 0.5) is 0 Å². The van der Waals surface area contributed by atoms with Crippen molar-refractivity contribution in [3.8, 4) is 22.4 Å². The van der Waals surface area contributed by atoms with Gasteiger partial charge in [0.15, 0.2) is 5.78 Å². The predicted molar refractivity (Wildman–Crippen MR) is 146 cm³/mol. The van der Waals surface area contributed by atoms with Crippen molar-refractivity contribution in [3.05, 3.63) is 103 Å². The molecule has 0 atom stereocenters. The molecule has 0 unspecified atom stereocenters. The van der Waals surface area contributed by atoms with Crippen LogP contribution in [0.2, 0.25) is 0 Å². The van der Waals surface area contributed by atoms with E-state index >= 15 is 0 Å². The molecule has 189 valence electrons. The molecule has 1 heterocycles. The van der Waals surface area contributed by atoms with Gasteiger partial charge in [-0.05, 0) is 34.7 Å². The number of nitrogens with zero attached hydrogens (tertiary/aromatic N) is 1. The Morgan fingerprint density at radius 1 is 0.889 bits per heavy atom. The molecule has 0 fully saturated rings. The molecule has 0 bridgehead atoms. The van der Waals surface area contributed by atoms with Gasteiger partial charge < -0.3 is 5.11 Å². The number of carbonyl (C=O) groups excluding carboxylic acids is 1. The molecular weight excluding hydrogens is 623 g/mol. The Labute approximate surface area is 228 Å². The Morgan fingerprint density at radius 3 is 2.17 bits per heavy atom. The van der Waals surface area contributed by atoms with Gasteiger partial charge in [-0.3, -0.25) is 9.78 Å². The number of benzene rings is 3. The van der Waals surface area contributed by atoms with Crippen LogP contribution in [0.5, 0.6) is 0 Å². The van der Waals surface area contributed by atoms with E-state index in [2.05, 4.69) is 54.6 Å². The zero-order chi connectivity index (χ0) is 25.2. The SMILES string of the molecule is CC(C)CC(=O)/C=C(\O)CC(C)C.[Ir].[c-]1ccccc1-c1cc(-c2ccccc2)c2ccccc2n1. The van der Waals surface area contributed by atoms with Crippen molar-refractivity contribution >= 4 is 16.7 Å². The second-order valence-electron chi connectivity index (χ2n) is 9.51. The van der Waals surface area contributed by atoms with Crippen LogP contribution in [0, 0.1) is 17.9 Å². The van der Waals surface area contributed by atoms with Gasteiger partial charge in [-0.25, -0.2) is 0 Å². The van der Waals surface area contributed by atoms with E-state index in [0.29, 0.717) is 24.7 Å². The first-order valence-electron chi connectivity index (χ1n) is 12.2. The van der Waals surface area contributed by atoms with Crippen LogP contribution in [-0.2, 0) is 24.9 Å². The third kappa shape index (κ3) is 8.86. The second kappa shape index (κ2) is 14.5. The number of fused-ring (bicyclic) bond motifs is 1. The number of hydrogen-bond donors (Lipinski definition) is 1. The number of aliphatic hydroxyl groups is 1. The minimum Gasteiger partial charge on any atom is -0.512 e. The van der Waals surface area contributed by atoms with Gasteiger partial charge in [0.25, 0.3) is 0 Å². The molecule has 36 heavy (non-hydrogen) atoms. The van der Waals surface area contributed by atoms with Crippen molar-refractivity contribution in [3.63, 3.8) is 0 Å². The maximum absolute atomic E-state index is 11.2. The smallest absolute Gasteiger partial charge is 0.159 e. The molecule has 0 aliphatic rings. The molecule has 1 N–H and O–H groups in total. The van der Waals surface area contributed by atoms with Crippen LogP contribution < -0.4 is 0 Å². The maximum atomic E-state index is 11.2. The van der Waals surface area contributed by atoms with E-state index in [0.717, 1.165) is 16.8 Å². The van der Waals surface area contributed by atoms with Crippen LogP contribution in [0.1, 0.15) is 40.5 Å². The fourth-order valence-electron chi connectivity index (χ4n) is 3.85. The third-order valence-electron chi connectivity index (χ3n) is 5.34. The Hall–Kier alpha value is -3.07. The normalized spacial score (nSPS) is 11.1. The topological polar surface area (TPSA) is 50.2 Å². The van der Waals surface area contributed by atoms with Crippen molar-refractivity contribution in [1.29, 1.82) is 0 Å². The number of pyridine rings is 1. The molecule has 4 heteroatoms. The predicted octanol–water partition coefficient (Wildman–Crippen LogP) is 8.46. The van der Waals surface area contributed by atoms with Crippen LogP contribution in [0.3, 0.4) is 0 Å². The van der Waals surface area contributed by atoms with Gasteiger partial charge in [-0.1, -0.05) is 82.3 Å². The van der Waals surface area contributed by atoms with Crippen molar-refractivity contribution in [1.82, 2.24) is 4.98 Å². The Balaban J connectivity index is 0.000000285. The van der Waals surface area contributed by atoms with Crippen LogP contribution in [0.25, 0.3) is 33.3 Å². The molecule has 0 spiro atoms. The quantitative estimate of drug-likeness (QED) is 0.123. The monoisotopic (exact) mass is 657 g/mol. The molecule has 4 aromatic rings. The van der Waals surface area contributed by atoms with Gasteiger partial charge in [-0.2, -0.15) is 0 Å². The summed E-state index contributed by atoms with van der Waals surface area (Å²) >= 11 is 0. The Bertz CT molecular complexity index is 1270. The van der Waals surface area contributed by atoms with E-state index in [1.165, 1.54) is 22.6 Å². The molecule has 0 aliphatic carbocycles. The van der Waals surface area contributed by atoms with E-state index in [-0.39, 0.29) is 31.6 Å². The van der Waals surface area contributed by atoms with Crippen LogP contribution in [-0.4, -0.2) is 15.9 Å². The van der Waals surface area contributed by atoms with Gasteiger partial charge in [0, 0.05) is 44.4 Å². The molecule has 1 radical (unpaired) electrons. The largest absolute Gasteiger partial charge is 0.512 e. The third-order valence-corrected chi connectivity index (χ3v) is 5.34. The Morgan fingerprint density at radius 2 is 1.53 bits per heavy atom. The zero-order valence-corrected chi connectivity index (χ0v) is 23.8. The number of allylic oxidation sites excluding steroid dienone is 2. The van der Waals surface area contributed by atoms with Gasteiger partial charge in [-0.15, -0.1) is 35.9 Å². The maximum Gasteiger partial charge on any atom is 0.159 e. The van der Waals surface area contributed by atoms with Gasteiger partial charge in [0.2, 0.25) is 0 Å². The number of carbonyl (C=O) groups is 1. The summed E-state index contributed by atoms with van der Waals surface area (Å²) in [5, 5.41) is 10.5. The molecule has 0 amide bonds. The molecular formula is C32H34IrNO2-. The standard InChI is InChI=1S/C21H14N.C11H20O2.Ir/c1-3-9-16(10-4-1)19-15-21(17-11-5-2-6-12-17)22-20-14-8-7-13-18(19)20;1-8(2)5-10(12)7-11(13)6-9(3)4;/h1-11,13-15H;7-9,12H,5-6H2,1-4H3;/q-1;;/b;10-7-;. The Kier molecular flexibility index (Phi) is 11.7. The molecule has 3 aromatic carbocycles. The van der Waals surface area contributed by atoms with E-state index < -0.39 is 0 Å². The summed E-state index contributed by atoms with van der Waals surface area (Å²) < 4.78 is 0. The molecule has 4 rings (SSSR count). The summed E-state index contributed by atoms with van der Waals surface area (Å²) in [4.78, 5) is 16.0. The summed E-state index contributed by atoms with van der Waals surface area (Å²) in [5.41, 5.74) is 5.40. The summed E-state index contributed by atoms with van der Waals surface area (Å²) in [7, 11) is 0. The molecule has 0 saturated heterocycles.